The molecule has 3 rings (SSSR count). The zero-order valence-corrected chi connectivity index (χ0v) is 14.1. The molecule has 1 aromatic carbocycles. The molecule has 118 valence electrons. The molecule has 0 saturated carbocycles. The lowest BCUT2D eigenvalue weighted by atomic mass is 10.2. The average molecular weight is 360 g/mol. The minimum atomic E-state index is -3.56. The van der Waals surface area contributed by atoms with Gasteiger partial charge in [0.15, 0.2) is 11.5 Å². The number of sulfonamides is 1. The first kappa shape index (κ1) is 15.6. The first-order valence-corrected chi connectivity index (χ1v) is 9.20. The number of halogens is 1. The Labute approximate surface area is 138 Å². The SMILES string of the molecule is CN(CC1COc2ccccc2O1)S(=O)(=O)c1ccc(Cl)s1. The monoisotopic (exact) mass is 359 g/mol. The lowest BCUT2D eigenvalue weighted by Gasteiger charge is -2.29. The van der Waals surface area contributed by atoms with Gasteiger partial charge in [0, 0.05) is 7.05 Å². The van der Waals surface area contributed by atoms with Gasteiger partial charge >= 0.3 is 0 Å². The maximum atomic E-state index is 12.4. The summed E-state index contributed by atoms with van der Waals surface area (Å²) in [5, 5.41) is 0. The van der Waals surface area contributed by atoms with Gasteiger partial charge in [-0.15, -0.1) is 11.3 Å². The van der Waals surface area contributed by atoms with Crippen LogP contribution in [0.1, 0.15) is 0 Å². The van der Waals surface area contributed by atoms with Gasteiger partial charge in [0.2, 0.25) is 0 Å². The van der Waals surface area contributed by atoms with Crippen molar-refractivity contribution in [2.45, 2.75) is 10.3 Å². The highest BCUT2D eigenvalue weighted by Gasteiger charge is 2.28. The predicted molar refractivity (Wildman–Crippen MR) is 85.5 cm³/mol. The normalized spacial score (nSPS) is 17.7. The maximum absolute atomic E-state index is 12.4. The standard InChI is InChI=1S/C14H14ClNO4S2/c1-16(22(17,18)14-7-6-13(15)21-14)8-10-9-19-11-4-2-3-5-12(11)20-10/h2-7,10H,8-9H2,1H3. The lowest BCUT2D eigenvalue weighted by molar-refractivity contribution is 0.0799. The van der Waals surface area contributed by atoms with Crippen LogP contribution in [0.3, 0.4) is 0 Å². The van der Waals surface area contributed by atoms with Gasteiger partial charge in [-0.2, -0.15) is 4.31 Å². The molecule has 1 atom stereocenters. The van der Waals surface area contributed by atoms with Crippen molar-refractivity contribution in [2.24, 2.45) is 0 Å². The summed E-state index contributed by atoms with van der Waals surface area (Å²) in [7, 11) is -2.04. The molecule has 0 N–H and O–H groups in total. The van der Waals surface area contributed by atoms with E-state index in [9.17, 15) is 8.42 Å². The van der Waals surface area contributed by atoms with Crippen LogP contribution in [0.5, 0.6) is 11.5 Å². The van der Waals surface area contributed by atoms with Crippen molar-refractivity contribution in [1.82, 2.24) is 4.31 Å². The second kappa shape index (κ2) is 6.08. The molecule has 2 aromatic rings. The van der Waals surface area contributed by atoms with Gasteiger partial charge in [0.25, 0.3) is 10.0 Å². The average Bonchev–Trinajstić information content (AvgIpc) is 2.94. The zero-order valence-electron chi connectivity index (χ0n) is 11.7. The van der Waals surface area contributed by atoms with E-state index in [0.717, 1.165) is 11.3 Å². The number of thiophene rings is 1. The van der Waals surface area contributed by atoms with Crippen LogP contribution in [0, 0.1) is 0 Å². The Morgan fingerprint density at radius 3 is 2.68 bits per heavy atom. The van der Waals surface area contributed by atoms with Crippen molar-refractivity contribution >= 4 is 33.0 Å². The summed E-state index contributed by atoms with van der Waals surface area (Å²) in [5.74, 6) is 1.30. The number of hydrogen-bond donors (Lipinski definition) is 0. The molecule has 8 heteroatoms. The minimum Gasteiger partial charge on any atom is -0.486 e. The van der Waals surface area contributed by atoms with E-state index in [-0.39, 0.29) is 16.9 Å². The van der Waals surface area contributed by atoms with Crippen LogP contribution in [0.2, 0.25) is 4.34 Å². The molecule has 0 bridgehead atoms. The highest BCUT2D eigenvalue weighted by atomic mass is 35.5. The Bertz CT molecular complexity index is 775. The summed E-state index contributed by atoms with van der Waals surface area (Å²) in [5.41, 5.74) is 0. The number of nitrogens with zero attached hydrogens (tertiary/aromatic N) is 1. The maximum Gasteiger partial charge on any atom is 0.252 e. The van der Waals surface area contributed by atoms with Gasteiger partial charge < -0.3 is 9.47 Å². The molecule has 0 aliphatic carbocycles. The second-order valence-electron chi connectivity index (χ2n) is 4.84. The van der Waals surface area contributed by atoms with Crippen LogP contribution in [-0.2, 0) is 10.0 Å². The summed E-state index contributed by atoms with van der Waals surface area (Å²) in [6.45, 7) is 0.508. The molecule has 1 unspecified atom stereocenters. The van der Waals surface area contributed by atoms with Crippen LogP contribution >= 0.6 is 22.9 Å². The van der Waals surface area contributed by atoms with E-state index < -0.39 is 10.0 Å². The van der Waals surface area contributed by atoms with Crippen LogP contribution in [0.15, 0.2) is 40.6 Å². The van der Waals surface area contributed by atoms with Crippen molar-refractivity contribution in [1.29, 1.82) is 0 Å². The molecule has 0 radical (unpaired) electrons. The van der Waals surface area contributed by atoms with Gasteiger partial charge in [0.05, 0.1) is 10.9 Å². The molecular formula is C14H14ClNO4S2. The van der Waals surface area contributed by atoms with E-state index in [0.29, 0.717) is 22.4 Å². The number of fused-ring (bicyclic) bond motifs is 1. The van der Waals surface area contributed by atoms with Crippen molar-refractivity contribution in [2.75, 3.05) is 20.2 Å². The molecule has 0 fully saturated rings. The van der Waals surface area contributed by atoms with Crippen LogP contribution < -0.4 is 9.47 Å². The minimum absolute atomic E-state index is 0.201. The Balaban J connectivity index is 1.71. The van der Waals surface area contributed by atoms with E-state index in [2.05, 4.69) is 0 Å². The van der Waals surface area contributed by atoms with Gasteiger partial charge in [-0.1, -0.05) is 23.7 Å². The Kier molecular flexibility index (Phi) is 4.31. The molecule has 0 amide bonds. The van der Waals surface area contributed by atoms with Crippen LogP contribution in [0.25, 0.3) is 0 Å². The van der Waals surface area contributed by atoms with Gasteiger partial charge in [-0.05, 0) is 24.3 Å². The summed E-state index contributed by atoms with van der Waals surface area (Å²) in [6.07, 6.45) is -0.356. The molecule has 1 aliphatic rings. The Morgan fingerprint density at radius 1 is 1.27 bits per heavy atom. The number of ether oxygens (including phenoxy) is 2. The molecule has 0 saturated heterocycles. The first-order chi connectivity index (χ1) is 10.5. The predicted octanol–water partition coefficient (Wildman–Crippen LogP) is 2.86. The fourth-order valence-electron chi connectivity index (χ4n) is 2.13. The number of benzene rings is 1. The van der Waals surface area contributed by atoms with E-state index in [1.807, 2.05) is 18.2 Å². The third kappa shape index (κ3) is 3.08. The molecule has 5 nitrogen and oxygen atoms in total. The molecule has 1 aromatic heterocycles. The number of likely N-dealkylation sites (N-methyl/N-ethyl adjacent to an activating group) is 1. The smallest absolute Gasteiger partial charge is 0.252 e. The first-order valence-electron chi connectivity index (χ1n) is 6.57. The highest BCUT2D eigenvalue weighted by Crippen LogP contribution is 2.32. The zero-order chi connectivity index (χ0) is 15.7. The van der Waals surface area contributed by atoms with Crippen molar-refractivity contribution in [3.8, 4) is 11.5 Å². The van der Waals surface area contributed by atoms with Crippen molar-refractivity contribution in [3.63, 3.8) is 0 Å². The molecule has 22 heavy (non-hydrogen) atoms. The summed E-state index contributed by atoms with van der Waals surface area (Å²) >= 11 is 6.85. The number of hydrogen-bond acceptors (Lipinski definition) is 5. The van der Waals surface area contributed by atoms with Gasteiger partial charge in [0.1, 0.15) is 16.9 Å². The Hall–Kier alpha value is -1.28. The number of para-hydroxylation sites is 2. The summed E-state index contributed by atoms with van der Waals surface area (Å²) in [4.78, 5) is 0. The van der Waals surface area contributed by atoms with Gasteiger partial charge in [-0.3, -0.25) is 0 Å². The molecule has 0 spiro atoms. The topological polar surface area (TPSA) is 55.8 Å². The summed E-state index contributed by atoms with van der Waals surface area (Å²) in [6, 6.07) is 10.4. The quantitative estimate of drug-likeness (QED) is 0.842. The van der Waals surface area contributed by atoms with Crippen LogP contribution in [-0.4, -0.2) is 39.0 Å². The molecule has 2 heterocycles. The van der Waals surface area contributed by atoms with E-state index in [1.54, 1.807) is 12.1 Å². The largest absolute Gasteiger partial charge is 0.486 e. The highest BCUT2D eigenvalue weighted by molar-refractivity contribution is 7.91. The number of rotatable bonds is 4. The van der Waals surface area contributed by atoms with Gasteiger partial charge in [-0.25, -0.2) is 8.42 Å². The van der Waals surface area contributed by atoms with E-state index >= 15 is 0 Å². The van der Waals surface area contributed by atoms with Crippen molar-refractivity contribution < 1.29 is 17.9 Å². The fourth-order valence-corrected chi connectivity index (χ4v) is 5.02. The van der Waals surface area contributed by atoms with E-state index in [4.69, 9.17) is 21.1 Å². The van der Waals surface area contributed by atoms with Crippen LogP contribution in [0.4, 0.5) is 0 Å². The molecular weight excluding hydrogens is 346 g/mol. The van der Waals surface area contributed by atoms with Crippen molar-refractivity contribution in [3.05, 3.63) is 40.7 Å². The lowest BCUT2D eigenvalue weighted by Crippen LogP contribution is -2.41. The van der Waals surface area contributed by atoms with E-state index in [1.165, 1.54) is 17.4 Å². The second-order valence-corrected chi connectivity index (χ2v) is 8.83. The third-order valence-corrected chi connectivity index (χ3v) is 6.76. The summed E-state index contributed by atoms with van der Waals surface area (Å²) < 4.78 is 38.2. The molecule has 1 aliphatic heterocycles. The third-order valence-electron chi connectivity index (χ3n) is 3.24. The Morgan fingerprint density at radius 2 is 2.00 bits per heavy atom. The fraction of sp³-hybridized carbons (Fsp3) is 0.286.